The van der Waals surface area contributed by atoms with Gasteiger partial charge in [0.25, 0.3) is 0 Å². The van der Waals surface area contributed by atoms with Crippen molar-refractivity contribution in [1.29, 1.82) is 0 Å². The largest absolute Gasteiger partial charge is 0.357 e. The van der Waals surface area contributed by atoms with Gasteiger partial charge in [0.1, 0.15) is 0 Å². The second-order valence-corrected chi connectivity index (χ2v) is 6.28. The molecular formula is C16H26N4. The number of pyridine rings is 1. The Labute approximate surface area is 122 Å². The number of rotatable bonds is 3. The van der Waals surface area contributed by atoms with Crippen LogP contribution in [0.3, 0.4) is 0 Å². The number of hydrogen-bond acceptors (Lipinski definition) is 2. The molecule has 1 aromatic rings. The van der Waals surface area contributed by atoms with Crippen LogP contribution in [0.25, 0.3) is 0 Å². The third-order valence-electron chi connectivity index (χ3n) is 3.65. The Balaban J connectivity index is 2.06. The Kier molecular flexibility index (Phi) is 4.63. The Hall–Kier alpha value is -1.58. The lowest BCUT2D eigenvalue weighted by Gasteiger charge is -2.23. The fourth-order valence-corrected chi connectivity index (χ4v) is 2.56. The van der Waals surface area contributed by atoms with E-state index in [1.165, 1.54) is 6.42 Å². The van der Waals surface area contributed by atoms with E-state index in [0.717, 1.165) is 37.0 Å². The Morgan fingerprint density at radius 3 is 2.85 bits per heavy atom. The number of nitrogens with zero attached hydrogens (tertiary/aromatic N) is 3. The summed E-state index contributed by atoms with van der Waals surface area (Å²) in [4.78, 5) is 11.6. The van der Waals surface area contributed by atoms with Gasteiger partial charge < -0.3 is 10.2 Å². The molecule has 20 heavy (non-hydrogen) atoms. The van der Waals surface area contributed by atoms with Crippen molar-refractivity contribution in [2.45, 2.75) is 40.7 Å². The van der Waals surface area contributed by atoms with Gasteiger partial charge in [0.2, 0.25) is 0 Å². The van der Waals surface area contributed by atoms with E-state index < -0.39 is 0 Å². The first-order valence-corrected chi connectivity index (χ1v) is 7.46. The highest BCUT2D eigenvalue weighted by molar-refractivity contribution is 5.80. The highest BCUT2D eigenvalue weighted by Gasteiger charge is 2.30. The molecule has 1 saturated heterocycles. The lowest BCUT2D eigenvalue weighted by molar-refractivity contribution is 0.370. The van der Waals surface area contributed by atoms with Gasteiger partial charge in [0, 0.05) is 25.3 Å². The van der Waals surface area contributed by atoms with E-state index in [9.17, 15) is 0 Å². The summed E-state index contributed by atoms with van der Waals surface area (Å²) >= 11 is 0. The fourth-order valence-electron chi connectivity index (χ4n) is 2.56. The molecule has 1 N–H and O–H groups in total. The number of likely N-dealkylation sites (tertiary alicyclic amines) is 1. The van der Waals surface area contributed by atoms with Crippen molar-refractivity contribution < 1.29 is 0 Å². The summed E-state index contributed by atoms with van der Waals surface area (Å²) in [5.41, 5.74) is 2.46. The summed E-state index contributed by atoms with van der Waals surface area (Å²) in [6.07, 6.45) is 1.22. The quantitative estimate of drug-likeness (QED) is 0.680. The molecule has 0 radical (unpaired) electrons. The first-order chi connectivity index (χ1) is 9.50. The zero-order valence-electron chi connectivity index (χ0n) is 13.1. The fraction of sp³-hybridized carbons (Fsp3) is 0.625. The van der Waals surface area contributed by atoms with Gasteiger partial charge in [-0.2, -0.15) is 0 Å². The van der Waals surface area contributed by atoms with Crippen molar-refractivity contribution in [3.05, 3.63) is 29.6 Å². The monoisotopic (exact) mass is 274 g/mol. The van der Waals surface area contributed by atoms with Gasteiger partial charge in [-0.15, -0.1) is 0 Å². The van der Waals surface area contributed by atoms with Crippen LogP contribution in [0.15, 0.2) is 23.2 Å². The predicted octanol–water partition coefficient (Wildman–Crippen LogP) is 2.59. The summed E-state index contributed by atoms with van der Waals surface area (Å²) in [5, 5.41) is 3.40. The van der Waals surface area contributed by atoms with Gasteiger partial charge in [-0.1, -0.05) is 19.9 Å². The average molecular weight is 274 g/mol. The first kappa shape index (κ1) is 14.8. The van der Waals surface area contributed by atoms with E-state index in [-0.39, 0.29) is 0 Å². The molecule has 0 aromatic carbocycles. The Morgan fingerprint density at radius 2 is 2.25 bits per heavy atom. The molecule has 4 heteroatoms. The minimum Gasteiger partial charge on any atom is -0.357 e. The van der Waals surface area contributed by atoms with Gasteiger partial charge in [0.15, 0.2) is 5.96 Å². The molecule has 0 amide bonds. The summed E-state index contributed by atoms with van der Waals surface area (Å²) < 4.78 is 0. The van der Waals surface area contributed by atoms with Crippen LogP contribution >= 0.6 is 0 Å². The van der Waals surface area contributed by atoms with E-state index in [0.29, 0.717) is 12.0 Å². The lowest BCUT2D eigenvalue weighted by Crippen LogP contribution is -2.40. The summed E-state index contributed by atoms with van der Waals surface area (Å²) in [6, 6.07) is 6.09. The van der Waals surface area contributed by atoms with Gasteiger partial charge >= 0.3 is 0 Å². The normalized spacial score (nSPS) is 18.4. The van der Waals surface area contributed by atoms with Crippen molar-refractivity contribution in [3.63, 3.8) is 0 Å². The predicted molar refractivity (Wildman–Crippen MR) is 83.8 cm³/mol. The van der Waals surface area contributed by atoms with Crippen LogP contribution in [0.5, 0.6) is 0 Å². The molecule has 1 fully saturated rings. The number of guanidine groups is 1. The number of aliphatic imine (C=N–C) groups is 1. The molecule has 2 heterocycles. The molecule has 0 bridgehead atoms. The molecule has 110 valence electrons. The smallest absolute Gasteiger partial charge is 0.194 e. The Bertz CT molecular complexity index is 479. The summed E-state index contributed by atoms with van der Waals surface area (Å²) in [7, 11) is 0. The van der Waals surface area contributed by atoms with Gasteiger partial charge in [-0.25, -0.2) is 4.99 Å². The zero-order valence-corrected chi connectivity index (χ0v) is 13.1. The number of aromatic nitrogens is 1. The molecular weight excluding hydrogens is 248 g/mol. The molecule has 1 aromatic heterocycles. The third-order valence-corrected chi connectivity index (χ3v) is 3.65. The molecule has 4 nitrogen and oxygen atoms in total. The van der Waals surface area contributed by atoms with Crippen LogP contribution < -0.4 is 5.32 Å². The molecule has 0 aliphatic carbocycles. The summed E-state index contributed by atoms with van der Waals surface area (Å²) in [5.74, 6) is 1.02. The maximum atomic E-state index is 4.74. The van der Waals surface area contributed by atoms with Crippen LogP contribution in [0.4, 0.5) is 0 Å². The van der Waals surface area contributed by atoms with Gasteiger partial charge in [-0.05, 0) is 37.8 Å². The van der Waals surface area contributed by atoms with Crippen molar-refractivity contribution in [2.75, 3.05) is 19.6 Å². The first-order valence-electron chi connectivity index (χ1n) is 7.46. The van der Waals surface area contributed by atoms with Gasteiger partial charge in [-0.3, -0.25) is 4.98 Å². The minimum atomic E-state index is 0.387. The molecule has 0 spiro atoms. The van der Waals surface area contributed by atoms with Crippen molar-refractivity contribution in [3.8, 4) is 0 Å². The molecule has 0 atom stereocenters. The van der Waals surface area contributed by atoms with Gasteiger partial charge in [0.05, 0.1) is 12.2 Å². The van der Waals surface area contributed by atoms with Crippen molar-refractivity contribution in [2.24, 2.45) is 10.4 Å². The number of hydrogen-bond donors (Lipinski definition) is 1. The maximum absolute atomic E-state index is 4.74. The highest BCUT2D eigenvalue weighted by atomic mass is 15.3. The van der Waals surface area contributed by atoms with E-state index in [2.05, 4.69) is 36.0 Å². The molecule has 1 aliphatic heterocycles. The minimum absolute atomic E-state index is 0.387. The Morgan fingerprint density at radius 1 is 1.45 bits per heavy atom. The van der Waals surface area contributed by atoms with Crippen molar-refractivity contribution >= 4 is 5.96 Å². The highest BCUT2D eigenvalue weighted by Crippen LogP contribution is 2.28. The standard InChI is InChI=1S/C16H26N4/c1-5-17-15(20-10-9-16(3,4)12-20)18-11-14-8-6-7-13(2)19-14/h6-8H,5,9-12H2,1-4H3,(H,17,18). The van der Waals surface area contributed by atoms with Crippen LogP contribution in [0, 0.1) is 12.3 Å². The second-order valence-electron chi connectivity index (χ2n) is 6.28. The molecule has 1 aliphatic rings. The van der Waals surface area contributed by atoms with E-state index in [4.69, 9.17) is 4.99 Å². The number of aryl methyl sites for hydroxylation is 1. The molecule has 0 saturated carbocycles. The topological polar surface area (TPSA) is 40.5 Å². The third kappa shape index (κ3) is 3.95. The second kappa shape index (κ2) is 6.25. The van der Waals surface area contributed by atoms with Crippen LogP contribution in [-0.4, -0.2) is 35.5 Å². The zero-order chi connectivity index (χ0) is 14.6. The molecule has 2 rings (SSSR count). The SMILES string of the molecule is CCNC(=NCc1cccc(C)n1)N1CCC(C)(C)C1. The van der Waals surface area contributed by atoms with Crippen LogP contribution in [0.1, 0.15) is 38.6 Å². The van der Waals surface area contributed by atoms with E-state index in [1.807, 2.05) is 25.1 Å². The van der Waals surface area contributed by atoms with E-state index in [1.54, 1.807) is 0 Å². The maximum Gasteiger partial charge on any atom is 0.194 e. The number of nitrogens with one attached hydrogen (secondary N) is 1. The van der Waals surface area contributed by atoms with Crippen molar-refractivity contribution in [1.82, 2.24) is 15.2 Å². The average Bonchev–Trinajstić information content (AvgIpc) is 2.75. The summed E-state index contributed by atoms with van der Waals surface area (Å²) in [6.45, 7) is 12.5. The molecule has 0 unspecified atom stereocenters. The van der Waals surface area contributed by atoms with Crippen LogP contribution in [0.2, 0.25) is 0 Å². The van der Waals surface area contributed by atoms with Crippen LogP contribution in [-0.2, 0) is 6.54 Å². The lowest BCUT2D eigenvalue weighted by atomic mass is 9.93. The van der Waals surface area contributed by atoms with E-state index >= 15 is 0 Å².